The number of piperazine rings is 1. The molecular formula is C11H19N4O4. The summed E-state index contributed by atoms with van der Waals surface area (Å²) in [5, 5.41) is 12.0. The Balaban J connectivity index is 1.69. The van der Waals surface area contributed by atoms with Crippen LogP contribution in [0.25, 0.3) is 0 Å². The second kappa shape index (κ2) is 6.69. The van der Waals surface area contributed by atoms with Crippen molar-refractivity contribution in [2.75, 3.05) is 59.0 Å². The molecule has 8 nitrogen and oxygen atoms in total. The highest BCUT2D eigenvalue weighted by Crippen LogP contribution is 2.03. The minimum absolute atomic E-state index is 0.115. The summed E-state index contributed by atoms with van der Waals surface area (Å²) < 4.78 is 5.21. The molecule has 2 aliphatic heterocycles. The van der Waals surface area contributed by atoms with Crippen molar-refractivity contribution < 1.29 is 19.4 Å². The van der Waals surface area contributed by atoms with E-state index in [2.05, 4.69) is 5.43 Å². The Labute approximate surface area is 111 Å². The van der Waals surface area contributed by atoms with Gasteiger partial charge in [0.15, 0.2) is 0 Å². The van der Waals surface area contributed by atoms with Gasteiger partial charge in [0.05, 0.1) is 19.8 Å². The minimum atomic E-state index is -1.29. The first-order valence-corrected chi connectivity index (χ1v) is 6.45. The van der Waals surface area contributed by atoms with E-state index in [1.54, 1.807) is 5.01 Å². The van der Waals surface area contributed by atoms with Crippen molar-refractivity contribution in [2.24, 2.45) is 0 Å². The highest BCUT2D eigenvalue weighted by atomic mass is 16.5. The molecule has 0 bridgehead atoms. The lowest BCUT2D eigenvalue weighted by atomic mass is 10.3. The molecule has 2 heterocycles. The lowest BCUT2D eigenvalue weighted by molar-refractivity contribution is -0.137. The van der Waals surface area contributed by atoms with Crippen molar-refractivity contribution >= 4 is 12.0 Å². The van der Waals surface area contributed by atoms with E-state index in [1.165, 1.54) is 0 Å². The van der Waals surface area contributed by atoms with Crippen LogP contribution in [0.2, 0.25) is 0 Å². The van der Waals surface area contributed by atoms with Crippen molar-refractivity contribution in [1.82, 2.24) is 20.2 Å². The van der Waals surface area contributed by atoms with Gasteiger partial charge < -0.3 is 9.64 Å². The van der Waals surface area contributed by atoms with Gasteiger partial charge in [0.2, 0.25) is 5.91 Å². The SMILES string of the molecule is [O]C(=O)NN1CCN(CC(=O)N2CCOCC2)CC1. The molecule has 2 rings (SSSR count). The number of rotatable bonds is 3. The maximum atomic E-state index is 12.0. The molecule has 0 aromatic heterocycles. The number of nitrogens with zero attached hydrogens (tertiary/aromatic N) is 3. The van der Waals surface area contributed by atoms with Crippen molar-refractivity contribution in [3.05, 3.63) is 0 Å². The van der Waals surface area contributed by atoms with Crippen LogP contribution in [0.1, 0.15) is 0 Å². The third kappa shape index (κ3) is 4.34. The molecular weight excluding hydrogens is 252 g/mol. The molecule has 2 aliphatic rings. The Kier molecular flexibility index (Phi) is 4.94. The third-order valence-corrected chi connectivity index (χ3v) is 3.34. The van der Waals surface area contributed by atoms with Gasteiger partial charge in [0.25, 0.3) is 0 Å². The maximum Gasteiger partial charge on any atom is 0.464 e. The van der Waals surface area contributed by atoms with Gasteiger partial charge in [0.1, 0.15) is 0 Å². The lowest BCUT2D eigenvalue weighted by Crippen LogP contribution is -2.55. The van der Waals surface area contributed by atoms with Gasteiger partial charge in [-0.05, 0) is 0 Å². The number of ether oxygens (including phenoxy) is 1. The van der Waals surface area contributed by atoms with Crippen molar-refractivity contribution in [3.8, 4) is 0 Å². The molecule has 0 spiro atoms. The molecule has 107 valence electrons. The zero-order chi connectivity index (χ0) is 13.7. The van der Waals surface area contributed by atoms with Crippen LogP contribution in [-0.4, -0.2) is 85.8 Å². The molecule has 0 unspecified atom stereocenters. The quantitative estimate of drug-likeness (QED) is 0.676. The molecule has 0 saturated carbocycles. The predicted octanol–water partition coefficient (Wildman–Crippen LogP) is -1.48. The van der Waals surface area contributed by atoms with E-state index in [4.69, 9.17) is 4.74 Å². The van der Waals surface area contributed by atoms with E-state index in [0.717, 1.165) is 0 Å². The van der Waals surface area contributed by atoms with Gasteiger partial charge in [-0.25, -0.2) is 14.9 Å². The number of carbonyl (C=O) groups is 2. The smallest absolute Gasteiger partial charge is 0.378 e. The van der Waals surface area contributed by atoms with E-state index in [0.29, 0.717) is 59.0 Å². The van der Waals surface area contributed by atoms with E-state index >= 15 is 0 Å². The zero-order valence-electron chi connectivity index (χ0n) is 10.8. The van der Waals surface area contributed by atoms with Crippen LogP contribution < -0.4 is 5.43 Å². The largest absolute Gasteiger partial charge is 0.464 e. The monoisotopic (exact) mass is 271 g/mol. The fourth-order valence-electron chi connectivity index (χ4n) is 2.25. The molecule has 19 heavy (non-hydrogen) atoms. The summed E-state index contributed by atoms with van der Waals surface area (Å²) in [4.78, 5) is 26.3. The van der Waals surface area contributed by atoms with Gasteiger partial charge >= 0.3 is 6.09 Å². The number of carbonyl (C=O) groups excluding carboxylic acids is 2. The lowest BCUT2D eigenvalue weighted by Gasteiger charge is -2.35. The van der Waals surface area contributed by atoms with Crippen LogP contribution in [0.5, 0.6) is 0 Å². The van der Waals surface area contributed by atoms with Crippen molar-refractivity contribution in [3.63, 3.8) is 0 Å². The van der Waals surface area contributed by atoms with E-state index in [-0.39, 0.29) is 5.91 Å². The number of amides is 2. The van der Waals surface area contributed by atoms with E-state index < -0.39 is 6.09 Å². The molecule has 2 saturated heterocycles. The van der Waals surface area contributed by atoms with Crippen molar-refractivity contribution in [1.29, 1.82) is 0 Å². The molecule has 1 radical (unpaired) electrons. The molecule has 8 heteroatoms. The van der Waals surface area contributed by atoms with E-state index in [1.807, 2.05) is 9.80 Å². The summed E-state index contributed by atoms with van der Waals surface area (Å²) in [7, 11) is 0. The second-order valence-electron chi connectivity index (χ2n) is 4.66. The van der Waals surface area contributed by atoms with Crippen LogP contribution in [0.15, 0.2) is 0 Å². The average molecular weight is 271 g/mol. The van der Waals surface area contributed by atoms with Gasteiger partial charge in [-0.1, -0.05) is 0 Å². The first-order chi connectivity index (χ1) is 9.15. The van der Waals surface area contributed by atoms with Crippen molar-refractivity contribution in [2.45, 2.75) is 0 Å². The Morgan fingerprint density at radius 2 is 1.63 bits per heavy atom. The standard InChI is InChI=1S/C11H19N4O4/c16-10(14-5-7-19-8-6-14)9-13-1-3-15(4-2-13)12-11(17)18/h12H,1-9H2. The van der Waals surface area contributed by atoms with Gasteiger partial charge in [-0.15, -0.1) is 0 Å². The van der Waals surface area contributed by atoms with E-state index in [9.17, 15) is 14.7 Å². The number of hydrazine groups is 1. The topological polar surface area (TPSA) is 85.0 Å². The average Bonchev–Trinajstić information content (AvgIpc) is 2.41. The molecule has 0 aromatic rings. The number of morpholine rings is 1. The summed E-state index contributed by atoms with van der Waals surface area (Å²) in [5.41, 5.74) is 2.22. The van der Waals surface area contributed by atoms with Crippen LogP contribution >= 0.6 is 0 Å². The number of hydrogen-bond donors (Lipinski definition) is 1. The molecule has 0 atom stereocenters. The first-order valence-electron chi connectivity index (χ1n) is 6.45. The van der Waals surface area contributed by atoms with Gasteiger partial charge in [-0.2, -0.15) is 0 Å². The number of nitrogens with one attached hydrogen (secondary N) is 1. The van der Waals surface area contributed by atoms with Crippen LogP contribution in [-0.2, 0) is 14.6 Å². The Morgan fingerprint density at radius 1 is 1.00 bits per heavy atom. The summed E-state index contributed by atoms with van der Waals surface area (Å²) in [5.74, 6) is 0.115. The van der Waals surface area contributed by atoms with Gasteiger partial charge in [-0.3, -0.25) is 15.1 Å². The molecule has 2 fully saturated rings. The highest BCUT2D eigenvalue weighted by Gasteiger charge is 2.23. The van der Waals surface area contributed by atoms with Crippen LogP contribution in [0.3, 0.4) is 0 Å². The Hall–Kier alpha value is -1.38. The molecule has 0 aromatic carbocycles. The molecule has 0 aliphatic carbocycles. The normalized spacial score (nSPS) is 22.2. The predicted molar refractivity (Wildman–Crippen MR) is 64.6 cm³/mol. The Bertz CT molecular complexity index is 325. The van der Waals surface area contributed by atoms with Crippen LogP contribution in [0, 0.1) is 0 Å². The first kappa shape index (κ1) is 14.0. The third-order valence-electron chi connectivity index (χ3n) is 3.34. The Morgan fingerprint density at radius 3 is 2.21 bits per heavy atom. The summed E-state index contributed by atoms with van der Waals surface area (Å²) in [6.45, 7) is 5.36. The molecule has 1 N–H and O–H groups in total. The minimum Gasteiger partial charge on any atom is -0.378 e. The van der Waals surface area contributed by atoms with Crippen LogP contribution in [0.4, 0.5) is 4.79 Å². The summed E-state index contributed by atoms with van der Waals surface area (Å²) in [6, 6.07) is 0. The fourth-order valence-corrected chi connectivity index (χ4v) is 2.25. The van der Waals surface area contributed by atoms with Gasteiger partial charge in [0, 0.05) is 39.3 Å². The second-order valence-corrected chi connectivity index (χ2v) is 4.66. The number of hydrogen-bond acceptors (Lipinski definition) is 5. The summed E-state index contributed by atoms with van der Waals surface area (Å²) in [6.07, 6.45) is -1.29. The maximum absolute atomic E-state index is 12.0. The summed E-state index contributed by atoms with van der Waals surface area (Å²) >= 11 is 0. The fraction of sp³-hybridized carbons (Fsp3) is 0.818. The highest BCUT2D eigenvalue weighted by molar-refractivity contribution is 5.78. The molecule has 2 amide bonds. The zero-order valence-corrected chi connectivity index (χ0v) is 10.8.